The van der Waals surface area contributed by atoms with Gasteiger partial charge >= 0.3 is 0 Å². The third-order valence-corrected chi connectivity index (χ3v) is 9.34. The number of hydrogen-bond donors (Lipinski definition) is 1. The normalized spacial score (nSPS) is 11.7. The van der Waals surface area contributed by atoms with Crippen LogP contribution in [0.15, 0.2) is 109 Å². The molecule has 3 nitrogen and oxygen atoms in total. The molecule has 1 heterocycles. The Hall–Kier alpha value is -5.22. The number of nitrogens with zero attached hydrogens (tertiary/aromatic N) is 2. The maximum atomic E-state index is 11.4. The van der Waals surface area contributed by atoms with Crippen molar-refractivity contribution in [2.24, 2.45) is 0 Å². The van der Waals surface area contributed by atoms with Gasteiger partial charge in [0.1, 0.15) is 35.1 Å². The lowest BCUT2D eigenvalue weighted by Gasteiger charge is -2.23. The minimum Gasteiger partial charge on any atom is -0.507 e. The molecular formula is C40H27B3N2O. The summed E-state index contributed by atoms with van der Waals surface area (Å²) in [6.45, 7) is 3.91. The second kappa shape index (κ2) is 10.7. The van der Waals surface area contributed by atoms with Crippen LogP contribution in [-0.2, 0) is 6.42 Å². The Morgan fingerprint density at radius 2 is 1.22 bits per heavy atom. The topological polar surface area (TPSA) is 38.0 Å². The predicted molar refractivity (Wildman–Crippen MR) is 196 cm³/mol. The molecule has 0 atom stereocenters. The lowest BCUT2D eigenvalue weighted by molar-refractivity contribution is 0.474. The summed E-state index contributed by atoms with van der Waals surface area (Å²) >= 11 is 0. The summed E-state index contributed by atoms with van der Waals surface area (Å²) in [6.07, 6.45) is 0.841. The van der Waals surface area contributed by atoms with E-state index in [-0.39, 0.29) is 16.7 Å². The Balaban J connectivity index is 1.37. The highest BCUT2D eigenvalue weighted by molar-refractivity contribution is 6.59. The molecule has 6 radical (unpaired) electrons. The van der Waals surface area contributed by atoms with Gasteiger partial charge in [-0.05, 0) is 86.3 Å². The number of phenols is 1. The lowest BCUT2D eigenvalue weighted by atomic mass is 9.66. The Morgan fingerprint density at radius 1 is 0.630 bits per heavy atom. The number of hydrogen-bond acceptors (Lipinski definition) is 2. The number of phenolic OH excluding ortho intramolecular Hbond substituents is 1. The Kier molecular flexibility index (Phi) is 6.58. The van der Waals surface area contributed by atoms with Crippen LogP contribution < -0.4 is 16.4 Å². The number of benzene rings is 7. The van der Waals surface area contributed by atoms with Gasteiger partial charge in [0, 0.05) is 23.2 Å². The van der Waals surface area contributed by atoms with E-state index in [4.69, 9.17) is 28.5 Å². The van der Waals surface area contributed by atoms with Crippen LogP contribution in [0.3, 0.4) is 0 Å². The molecule has 0 aliphatic heterocycles. The molecule has 8 aromatic rings. The average Bonchev–Trinajstić information content (AvgIpc) is 3.48. The quantitative estimate of drug-likeness (QED) is 0.183. The molecule has 0 aliphatic carbocycles. The van der Waals surface area contributed by atoms with Gasteiger partial charge in [-0.1, -0.05) is 96.7 Å². The minimum absolute atomic E-state index is 0.0469. The Labute approximate surface area is 271 Å². The molecule has 0 spiro atoms. The number of aryl methyl sites for hydroxylation is 1. The maximum Gasteiger partial charge on any atom is 0.125 e. The molecule has 1 aromatic heterocycles. The second-order valence-corrected chi connectivity index (χ2v) is 11.9. The first-order valence-electron chi connectivity index (χ1n) is 15.5. The van der Waals surface area contributed by atoms with E-state index in [9.17, 15) is 5.11 Å². The molecule has 7 aromatic carbocycles. The largest absolute Gasteiger partial charge is 0.507 e. The third kappa shape index (κ3) is 4.13. The molecule has 0 amide bonds. The summed E-state index contributed by atoms with van der Waals surface area (Å²) in [5, 5.41) is 17.8. The highest BCUT2D eigenvalue weighted by Gasteiger charge is 2.22. The van der Waals surface area contributed by atoms with Gasteiger partial charge < -0.3 is 5.11 Å². The number of aromatic nitrogens is 2. The molecule has 8 rings (SSSR count). The van der Waals surface area contributed by atoms with Gasteiger partial charge in [0.2, 0.25) is 0 Å². The second-order valence-electron chi connectivity index (χ2n) is 11.9. The zero-order valence-corrected chi connectivity index (χ0v) is 25.7. The van der Waals surface area contributed by atoms with Crippen LogP contribution in [0.1, 0.15) is 18.3 Å². The summed E-state index contributed by atoms with van der Waals surface area (Å²) in [7, 11) is 19.2. The number of fused-ring (bicyclic) bond motifs is 4. The zero-order valence-electron chi connectivity index (χ0n) is 25.7. The van der Waals surface area contributed by atoms with Gasteiger partial charge in [-0.15, -0.1) is 5.46 Å². The molecule has 46 heavy (non-hydrogen) atoms. The molecule has 1 N–H and O–H groups in total. The minimum atomic E-state index is 0.0469. The molecule has 6 heteroatoms. The van der Waals surface area contributed by atoms with Crippen molar-refractivity contribution in [2.45, 2.75) is 20.3 Å². The predicted octanol–water partition coefficient (Wildman–Crippen LogP) is 6.78. The summed E-state index contributed by atoms with van der Waals surface area (Å²) in [4.78, 5) is 4.88. The van der Waals surface area contributed by atoms with Crippen molar-refractivity contribution in [2.75, 3.05) is 0 Å². The Bertz CT molecular complexity index is 2450. The fourth-order valence-electron chi connectivity index (χ4n) is 7.02. The lowest BCUT2D eigenvalue weighted by Crippen LogP contribution is -2.41. The fraction of sp³-hybridized carbons (Fsp3) is 0.0750. The van der Waals surface area contributed by atoms with Gasteiger partial charge in [0.05, 0.1) is 11.0 Å². The van der Waals surface area contributed by atoms with Gasteiger partial charge in [0.25, 0.3) is 0 Å². The van der Waals surface area contributed by atoms with Crippen molar-refractivity contribution >= 4 is 83.3 Å². The van der Waals surface area contributed by atoms with E-state index in [1.54, 1.807) is 6.92 Å². The van der Waals surface area contributed by atoms with Crippen molar-refractivity contribution in [1.29, 1.82) is 0 Å². The van der Waals surface area contributed by atoms with Crippen molar-refractivity contribution in [1.82, 2.24) is 9.55 Å². The smallest absolute Gasteiger partial charge is 0.125 e. The van der Waals surface area contributed by atoms with Crippen molar-refractivity contribution in [3.63, 3.8) is 0 Å². The van der Waals surface area contributed by atoms with E-state index < -0.39 is 0 Å². The number of imidazole rings is 1. The van der Waals surface area contributed by atoms with Crippen LogP contribution in [0.25, 0.3) is 71.3 Å². The fourth-order valence-corrected chi connectivity index (χ4v) is 7.02. The summed E-state index contributed by atoms with van der Waals surface area (Å²) < 4.78 is 2.26. The van der Waals surface area contributed by atoms with E-state index in [1.807, 2.05) is 30.3 Å². The maximum absolute atomic E-state index is 11.4. The molecule has 212 valence electrons. The first-order chi connectivity index (χ1) is 22.4. The highest BCUT2D eigenvalue weighted by Crippen LogP contribution is 2.45. The van der Waals surface area contributed by atoms with E-state index in [0.717, 1.165) is 78.0 Å². The SMILES string of the molecule is [B]c1c([B])c(C)c(O)c(-c2c3ccccc3c(-c3ccc4cc(-n5c(CC)nc6ccccc65)ccc4c3)c3ccccc23)c1[B]. The standard InChI is InChI=1S/C40H27B3N2O/c1-3-33-44-31-14-8-9-15-32(31)45(33)26-19-18-23-20-25(17-16-24(23)21-26)34-27-10-4-6-12-29(27)35(30-13-7-5-11-28(30)34)36-38(42)39(43)37(41)22(2)40(36)46/h4-21,46H,3H2,1-2H3. The van der Waals surface area contributed by atoms with Gasteiger partial charge in [-0.2, -0.15) is 0 Å². The monoisotopic (exact) mass is 584 g/mol. The number of para-hydroxylation sites is 2. The zero-order chi connectivity index (χ0) is 31.7. The van der Waals surface area contributed by atoms with Crippen LogP contribution in [-0.4, -0.2) is 38.2 Å². The van der Waals surface area contributed by atoms with Crippen LogP contribution >= 0.6 is 0 Å². The van der Waals surface area contributed by atoms with Crippen LogP contribution in [0.5, 0.6) is 5.75 Å². The average molecular weight is 584 g/mol. The first-order valence-corrected chi connectivity index (χ1v) is 15.5. The molecule has 0 unspecified atom stereocenters. The van der Waals surface area contributed by atoms with Crippen LogP contribution in [0.2, 0.25) is 0 Å². The van der Waals surface area contributed by atoms with Gasteiger partial charge in [-0.3, -0.25) is 4.57 Å². The molecule has 0 aliphatic rings. The van der Waals surface area contributed by atoms with E-state index in [2.05, 4.69) is 90.4 Å². The van der Waals surface area contributed by atoms with Crippen LogP contribution in [0, 0.1) is 6.92 Å². The number of rotatable bonds is 4. The van der Waals surface area contributed by atoms with E-state index >= 15 is 0 Å². The summed E-state index contributed by atoms with van der Waals surface area (Å²) in [6, 6.07) is 38.1. The Morgan fingerprint density at radius 3 is 1.89 bits per heavy atom. The summed E-state index contributed by atoms with van der Waals surface area (Å²) in [5.74, 6) is 1.09. The molecule has 0 saturated carbocycles. The molecule has 0 bridgehead atoms. The van der Waals surface area contributed by atoms with Crippen molar-refractivity contribution in [3.05, 3.63) is 121 Å². The molecular weight excluding hydrogens is 557 g/mol. The van der Waals surface area contributed by atoms with Gasteiger partial charge in [-0.25, -0.2) is 4.98 Å². The van der Waals surface area contributed by atoms with E-state index in [1.165, 1.54) is 0 Å². The van der Waals surface area contributed by atoms with Crippen molar-refractivity contribution < 1.29 is 5.11 Å². The van der Waals surface area contributed by atoms with Gasteiger partial charge in [0.15, 0.2) is 0 Å². The van der Waals surface area contributed by atoms with Crippen molar-refractivity contribution in [3.8, 4) is 33.7 Å². The summed E-state index contributed by atoms with van der Waals surface area (Å²) in [5.41, 5.74) is 8.16. The third-order valence-electron chi connectivity index (χ3n) is 9.34. The first kappa shape index (κ1) is 28.3. The molecule has 0 saturated heterocycles. The van der Waals surface area contributed by atoms with Crippen LogP contribution in [0.4, 0.5) is 0 Å². The number of aromatic hydroxyl groups is 1. The molecule has 0 fully saturated rings. The van der Waals surface area contributed by atoms with E-state index in [0.29, 0.717) is 16.6 Å². The highest BCUT2D eigenvalue weighted by atomic mass is 16.3.